The van der Waals surface area contributed by atoms with E-state index in [2.05, 4.69) is 24.1 Å². The van der Waals surface area contributed by atoms with Gasteiger partial charge in [-0.1, -0.05) is 26.7 Å². The van der Waals surface area contributed by atoms with E-state index in [-0.39, 0.29) is 0 Å². The van der Waals surface area contributed by atoms with E-state index in [4.69, 9.17) is 4.74 Å². The van der Waals surface area contributed by atoms with Crippen LogP contribution in [-0.2, 0) is 4.74 Å². The van der Waals surface area contributed by atoms with E-state index in [1.165, 1.54) is 38.6 Å². The smallest absolute Gasteiger partial charge is 0.0630 e. The molecule has 0 saturated carbocycles. The minimum Gasteiger partial charge on any atom is -0.383 e. The molecule has 1 fully saturated rings. The van der Waals surface area contributed by atoms with Gasteiger partial charge in [0.1, 0.15) is 0 Å². The molecule has 2 unspecified atom stereocenters. The fourth-order valence-corrected chi connectivity index (χ4v) is 2.89. The Balaban J connectivity index is 2.58. The lowest BCUT2D eigenvalue weighted by atomic mass is 10.1. The maximum absolute atomic E-state index is 5.41. The maximum atomic E-state index is 5.41. The van der Waals surface area contributed by atoms with Crippen molar-refractivity contribution < 1.29 is 4.74 Å². The third-order valence-corrected chi connectivity index (χ3v) is 3.85. The van der Waals surface area contributed by atoms with Crippen molar-refractivity contribution in [3.8, 4) is 0 Å². The second-order valence-corrected chi connectivity index (χ2v) is 5.07. The highest BCUT2D eigenvalue weighted by Crippen LogP contribution is 2.21. The number of nitrogens with zero attached hydrogens (tertiary/aromatic N) is 1. The van der Waals surface area contributed by atoms with Crippen LogP contribution in [0, 0.1) is 0 Å². The SMILES string of the molecule is CCNCC(COC)N1CCCCCC1CC. The third kappa shape index (κ3) is 4.94. The molecule has 0 aromatic heterocycles. The third-order valence-electron chi connectivity index (χ3n) is 3.85. The number of rotatable bonds is 7. The second-order valence-electron chi connectivity index (χ2n) is 5.07. The highest BCUT2D eigenvalue weighted by Gasteiger charge is 2.26. The van der Waals surface area contributed by atoms with E-state index in [0.29, 0.717) is 6.04 Å². The Labute approximate surface area is 107 Å². The van der Waals surface area contributed by atoms with E-state index in [1.807, 2.05) is 7.11 Å². The average molecular weight is 242 g/mol. The van der Waals surface area contributed by atoms with Crippen molar-refractivity contribution in [2.45, 2.75) is 58.0 Å². The van der Waals surface area contributed by atoms with Crippen LogP contribution in [0.25, 0.3) is 0 Å². The Morgan fingerprint density at radius 1 is 1.29 bits per heavy atom. The zero-order valence-corrected chi connectivity index (χ0v) is 11.9. The van der Waals surface area contributed by atoms with Gasteiger partial charge in [0.05, 0.1) is 6.61 Å². The fraction of sp³-hybridized carbons (Fsp3) is 1.00. The summed E-state index contributed by atoms with van der Waals surface area (Å²) in [5, 5.41) is 3.47. The Bertz CT molecular complexity index is 187. The molecule has 0 aliphatic carbocycles. The van der Waals surface area contributed by atoms with E-state index in [9.17, 15) is 0 Å². The van der Waals surface area contributed by atoms with Gasteiger partial charge in [-0.05, 0) is 32.4 Å². The van der Waals surface area contributed by atoms with Crippen molar-refractivity contribution in [2.24, 2.45) is 0 Å². The van der Waals surface area contributed by atoms with Gasteiger partial charge >= 0.3 is 0 Å². The van der Waals surface area contributed by atoms with Gasteiger partial charge in [-0.25, -0.2) is 0 Å². The minimum absolute atomic E-state index is 0.544. The molecule has 3 nitrogen and oxygen atoms in total. The van der Waals surface area contributed by atoms with Crippen molar-refractivity contribution in [3.05, 3.63) is 0 Å². The van der Waals surface area contributed by atoms with Crippen LogP contribution in [0.4, 0.5) is 0 Å². The van der Waals surface area contributed by atoms with Crippen molar-refractivity contribution in [1.29, 1.82) is 0 Å². The zero-order chi connectivity index (χ0) is 12.5. The molecule has 2 atom stereocenters. The first-order valence-corrected chi connectivity index (χ1v) is 7.28. The molecule has 1 aliphatic rings. The van der Waals surface area contributed by atoms with Crippen LogP contribution in [-0.4, -0.2) is 50.3 Å². The number of hydrogen-bond acceptors (Lipinski definition) is 3. The number of ether oxygens (including phenoxy) is 1. The van der Waals surface area contributed by atoms with Crippen molar-refractivity contribution in [1.82, 2.24) is 10.2 Å². The lowest BCUT2D eigenvalue weighted by Gasteiger charge is -2.36. The van der Waals surface area contributed by atoms with Crippen LogP contribution in [0.3, 0.4) is 0 Å². The Morgan fingerprint density at radius 2 is 2.12 bits per heavy atom. The number of likely N-dealkylation sites (tertiary alicyclic amines) is 1. The molecule has 17 heavy (non-hydrogen) atoms. The molecule has 1 aliphatic heterocycles. The molecule has 0 amide bonds. The summed E-state index contributed by atoms with van der Waals surface area (Å²) in [6, 6.07) is 1.30. The quantitative estimate of drug-likeness (QED) is 0.741. The molecule has 3 heteroatoms. The molecule has 0 spiro atoms. The van der Waals surface area contributed by atoms with Crippen LogP contribution in [0.1, 0.15) is 46.0 Å². The number of nitrogens with one attached hydrogen (secondary N) is 1. The van der Waals surface area contributed by atoms with Gasteiger partial charge in [-0.3, -0.25) is 4.90 Å². The molecule has 102 valence electrons. The molecular formula is C14H30N2O. The number of likely N-dealkylation sites (N-methyl/N-ethyl adjacent to an activating group) is 1. The summed E-state index contributed by atoms with van der Waals surface area (Å²) in [7, 11) is 1.82. The molecular weight excluding hydrogens is 212 g/mol. The zero-order valence-electron chi connectivity index (χ0n) is 11.9. The van der Waals surface area contributed by atoms with E-state index in [1.54, 1.807) is 0 Å². The second kappa shape index (κ2) is 8.90. The molecule has 0 radical (unpaired) electrons. The standard InChI is InChI=1S/C14H30N2O/c1-4-13-9-7-6-8-10-16(13)14(12-17-3)11-15-5-2/h13-15H,4-12H2,1-3H3. The lowest BCUT2D eigenvalue weighted by Crippen LogP contribution is -2.49. The Hall–Kier alpha value is -0.120. The van der Waals surface area contributed by atoms with Crippen LogP contribution in [0.5, 0.6) is 0 Å². The summed E-state index contributed by atoms with van der Waals surface area (Å²) in [5.74, 6) is 0. The van der Waals surface area contributed by atoms with E-state index < -0.39 is 0 Å². The maximum Gasteiger partial charge on any atom is 0.0630 e. The summed E-state index contributed by atoms with van der Waals surface area (Å²) in [6.45, 7) is 8.69. The number of hydrogen-bond donors (Lipinski definition) is 1. The number of methoxy groups -OCH3 is 1. The van der Waals surface area contributed by atoms with Gasteiger partial charge in [-0.2, -0.15) is 0 Å². The molecule has 1 N–H and O–H groups in total. The first-order chi connectivity index (χ1) is 8.33. The van der Waals surface area contributed by atoms with E-state index >= 15 is 0 Å². The predicted octanol–water partition coefficient (Wildman–Crippen LogP) is 2.27. The van der Waals surface area contributed by atoms with Gasteiger partial charge in [0.25, 0.3) is 0 Å². The first-order valence-electron chi connectivity index (χ1n) is 7.28. The molecule has 1 heterocycles. The summed E-state index contributed by atoms with van der Waals surface area (Å²) < 4.78 is 5.41. The first kappa shape index (κ1) is 14.9. The Morgan fingerprint density at radius 3 is 2.76 bits per heavy atom. The van der Waals surface area contributed by atoms with Gasteiger partial charge < -0.3 is 10.1 Å². The average Bonchev–Trinajstić information content (AvgIpc) is 2.59. The summed E-state index contributed by atoms with van der Waals surface area (Å²) in [5.41, 5.74) is 0. The minimum atomic E-state index is 0.544. The summed E-state index contributed by atoms with van der Waals surface area (Å²) in [4.78, 5) is 2.69. The molecule has 0 aromatic rings. The highest BCUT2D eigenvalue weighted by atomic mass is 16.5. The van der Waals surface area contributed by atoms with E-state index in [0.717, 1.165) is 25.7 Å². The summed E-state index contributed by atoms with van der Waals surface area (Å²) in [6.07, 6.45) is 6.78. The normalized spacial score (nSPS) is 24.5. The highest BCUT2D eigenvalue weighted by molar-refractivity contribution is 4.82. The molecule has 1 rings (SSSR count). The van der Waals surface area contributed by atoms with Crippen molar-refractivity contribution in [3.63, 3.8) is 0 Å². The monoisotopic (exact) mass is 242 g/mol. The van der Waals surface area contributed by atoms with Crippen LogP contribution in [0.15, 0.2) is 0 Å². The van der Waals surface area contributed by atoms with Crippen LogP contribution in [0.2, 0.25) is 0 Å². The van der Waals surface area contributed by atoms with Crippen molar-refractivity contribution >= 4 is 0 Å². The van der Waals surface area contributed by atoms with Crippen molar-refractivity contribution in [2.75, 3.05) is 33.4 Å². The predicted molar refractivity (Wildman–Crippen MR) is 73.5 cm³/mol. The van der Waals surface area contributed by atoms with Crippen LogP contribution < -0.4 is 5.32 Å². The molecule has 0 bridgehead atoms. The fourth-order valence-electron chi connectivity index (χ4n) is 2.89. The van der Waals surface area contributed by atoms with Gasteiger partial charge in [0.15, 0.2) is 0 Å². The topological polar surface area (TPSA) is 24.5 Å². The largest absolute Gasteiger partial charge is 0.383 e. The Kier molecular flexibility index (Phi) is 7.82. The van der Waals surface area contributed by atoms with Gasteiger partial charge in [-0.15, -0.1) is 0 Å². The molecule has 1 saturated heterocycles. The van der Waals surface area contributed by atoms with Gasteiger partial charge in [0.2, 0.25) is 0 Å². The lowest BCUT2D eigenvalue weighted by molar-refractivity contribution is 0.0602. The summed E-state index contributed by atoms with van der Waals surface area (Å²) >= 11 is 0. The molecule has 0 aromatic carbocycles. The van der Waals surface area contributed by atoms with Gasteiger partial charge in [0, 0.05) is 25.7 Å². The van der Waals surface area contributed by atoms with Crippen LogP contribution >= 0.6 is 0 Å².